The number of rotatable bonds is 5. The van der Waals surface area contributed by atoms with Crippen molar-refractivity contribution in [2.24, 2.45) is 0 Å². The number of nitro groups is 1. The van der Waals surface area contributed by atoms with Gasteiger partial charge in [-0.05, 0) is 31.2 Å². The zero-order valence-corrected chi connectivity index (χ0v) is 11.1. The van der Waals surface area contributed by atoms with Crippen molar-refractivity contribution >= 4 is 22.6 Å². The molecule has 1 heterocycles. The molecule has 0 fully saturated rings. The van der Waals surface area contributed by atoms with Gasteiger partial charge in [0.1, 0.15) is 17.9 Å². The van der Waals surface area contributed by atoms with E-state index >= 15 is 0 Å². The number of nitro benzene ring substituents is 1. The molecule has 108 valence electrons. The van der Waals surface area contributed by atoms with E-state index in [9.17, 15) is 14.9 Å². The molecule has 0 amide bonds. The minimum Gasteiger partial charge on any atom is -0.487 e. The molecule has 0 saturated heterocycles. The molecule has 1 aromatic carbocycles. The molecule has 0 aliphatic carbocycles. The van der Waals surface area contributed by atoms with Crippen molar-refractivity contribution in [2.75, 3.05) is 6.61 Å². The fraction of sp³-hybridized carbons (Fsp3) is 0.143. The van der Waals surface area contributed by atoms with E-state index in [-0.39, 0.29) is 17.9 Å². The first-order chi connectivity index (χ1) is 10.0. The molecular weight excluding hydrogens is 276 g/mol. The summed E-state index contributed by atoms with van der Waals surface area (Å²) in [6.07, 6.45) is 2.93. The number of non-ortho nitro benzene ring substituents is 1. The summed E-state index contributed by atoms with van der Waals surface area (Å²) in [6, 6.07) is 5.99. The SMILES string of the molecule is CC(=CCOc1ccc([N+](=O)[O-])c2cccnc12)C(=O)O. The van der Waals surface area contributed by atoms with Gasteiger partial charge in [-0.2, -0.15) is 0 Å². The number of carboxylic acid groups (broad SMARTS) is 1. The van der Waals surface area contributed by atoms with E-state index in [1.165, 1.54) is 31.3 Å². The van der Waals surface area contributed by atoms with Crippen molar-refractivity contribution in [3.8, 4) is 5.75 Å². The van der Waals surface area contributed by atoms with Crippen LogP contribution in [0.2, 0.25) is 0 Å². The Morgan fingerprint density at radius 1 is 1.48 bits per heavy atom. The van der Waals surface area contributed by atoms with Crippen LogP contribution in [-0.2, 0) is 4.79 Å². The highest BCUT2D eigenvalue weighted by Crippen LogP contribution is 2.31. The lowest BCUT2D eigenvalue weighted by Crippen LogP contribution is -2.01. The number of fused-ring (bicyclic) bond motifs is 1. The van der Waals surface area contributed by atoms with Crippen molar-refractivity contribution in [3.63, 3.8) is 0 Å². The van der Waals surface area contributed by atoms with E-state index < -0.39 is 10.9 Å². The predicted molar refractivity (Wildman–Crippen MR) is 75.3 cm³/mol. The Labute approximate surface area is 119 Å². The summed E-state index contributed by atoms with van der Waals surface area (Å²) in [5.74, 6) is -0.657. The van der Waals surface area contributed by atoms with Gasteiger partial charge < -0.3 is 9.84 Å². The molecule has 2 aromatic rings. The molecule has 21 heavy (non-hydrogen) atoms. The highest BCUT2D eigenvalue weighted by Gasteiger charge is 2.15. The van der Waals surface area contributed by atoms with Gasteiger partial charge in [-0.3, -0.25) is 15.1 Å². The summed E-state index contributed by atoms with van der Waals surface area (Å²) >= 11 is 0. The van der Waals surface area contributed by atoms with E-state index in [0.29, 0.717) is 16.7 Å². The number of aliphatic carboxylic acids is 1. The number of hydrogen-bond acceptors (Lipinski definition) is 5. The monoisotopic (exact) mass is 288 g/mol. The van der Waals surface area contributed by atoms with Gasteiger partial charge in [0.15, 0.2) is 0 Å². The van der Waals surface area contributed by atoms with Crippen LogP contribution in [0.4, 0.5) is 5.69 Å². The highest BCUT2D eigenvalue weighted by molar-refractivity contribution is 5.92. The van der Waals surface area contributed by atoms with Crippen LogP contribution in [0.3, 0.4) is 0 Å². The molecule has 7 heteroatoms. The van der Waals surface area contributed by atoms with Crippen LogP contribution in [0, 0.1) is 10.1 Å². The van der Waals surface area contributed by atoms with E-state index in [1.54, 1.807) is 12.1 Å². The molecule has 7 nitrogen and oxygen atoms in total. The van der Waals surface area contributed by atoms with Gasteiger partial charge in [0.25, 0.3) is 5.69 Å². The van der Waals surface area contributed by atoms with E-state index in [2.05, 4.69) is 4.98 Å². The maximum Gasteiger partial charge on any atom is 0.331 e. The van der Waals surface area contributed by atoms with Gasteiger partial charge in [0.2, 0.25) is 0 Å². The lowest BCUT2D eigenvalue weighted by atomic mass is 10.1. The Bertz CT molecular complexity index is 739. The minimum absolute atomic E-state index is 0.0433. The first-order valence-corrected chi connectivity index (χ1v) is 6.05. The molecule has 0 aliphatic rings. The second-order valence-electron chi connectivity index (χ2n) is 4.24. The molecule has 0 radical (unpaired) electrons. The van der Waals surface area contributed by atoms with Crippen molar-refractivity contribution < 1.29 is 19.6 Å². The number of pyridine rings is 1. The van der Waals surface area contributed by atoms with E-state index in [0.717, 1.165) is 0 Å². The Balaban J connectivity index is 2.34. The van der Waals surface area contributed by atoms with Crippen LogP contribution in [0.1, 0.15) is 6.92 Å². The molecule has 1 N–H and O–H groups in total. The van der Waals surface area contributed by atoms with Crippen molar-refractivity contribution in [1.29, 1.82) is 0 Å². The average molecular weight is 288 g/mol. The summed E-state index contributed by atoms with van der Waals surface area (Å²) < 4.78 is 5.45. The van der Waals surface area contributed by atoms with E-state index in [4.69, 9.17) is 9.84 Å². The second-order valence-corrected chi connectivity index (χ2v) is 4.24. The number of aromatic nitrogens is 1. The summed E-state index contributed by atoms with van der Waals surface area (Å²) in [5.41, 5.74) is 0.477. The fourth-order valence-corrected chi connectivity index (χ4v) is 1.75. The Morgan fingerprint density at radius 3 is 2.90 bits per heavy atom. The molecule has 0 saturated carbocycles. The third-order valence-corrected chi connectivity index (χ3v) is 2.87. The molecule has 0 spiro atoms. The topological polar surface area (TPSA) is 103 Å². The summed E-state index contributed by atoms with van der Waals surface area (Å²) in [4.78, 5) is 25.2. The van der Waals surface area contributed by atoms with Gasteiger partial charge in [0, 0.05) is 17.8 Å². The zero-order chi connectivity index (χ0) is 15.4. The largest absolute Gasteiger partial charge is 0.487 e. The van der Waals surface area contributed by atoms with Gasteiger partial charge in [0.05, 0.1) is 10.3 Å². The third kappa shape index (κ3) is 3.14. The Hall–Kier alpha value is -2.96. The first kappa shape index (κ1) is 14.4. The lowest BCUT2D eigenvalue weighted by molar-refractivity contribution is -0.383. The third-order valence-electron chi connectivity index (χ3n) is 2.87. The molecule has 1 aromatic heterocycles. The smallest absolute Gasteiger partial charge is 0.331 e. The molecule has 0 aliphatic heterocycles. The lowest BCUT2D eigenvalue weighted by Gasteiger charge is -2.07. The summed E-state index contributed by atoms with van der Waals surface area (Å²) in [6.45, 7) is 1.50. The van der Waals surface area contributed by atoms with Crippen LogP contribution in [-0.4, -0.2) is 27.6 Å². The molecule has 0 atom stereocenters. The number of ether oxygens (including phenoxy) is 1. The van der Waals surface area contributed by atoms with Crippen LogP contribution in [0.25, 0.3) is 10.9 Å². The highest BCUT2D eigenvalue weighted by atomic mass is 16.6. The molecular formula is C14H12N2O5. The Kier molecular flexibility index (Phi) is 4.13. The zero-order valence-electron chi connectivity index (χ0n) is 11.1. The minimum atomic E-state index is -1.02. The maximum atomic E-state index is 11.0. The number of hydrogen-bond donors (Lipinski definition) is 1. The van der Waals surface area contributed by atoms with Crippen LogP contribution >= 0.6 is 0 Å². The quantitative estimate of drug-likeness (QED) is 0.515. The molecule has 2 rings (SSSR count). The van der Waals surface area contributed by atoms with Gasteiger partial charge in [-0.1, -0.05) is 0 Å². The standard InChI is InChI=1S/C14H12N2O5/c1-9(14(17)18)6-8-21-12-5-4-11(16(19)20)10-3-2-7-15-13(10)12/h2-7H,8H2,1H3,(H,17,18). The number of benzene rings is 1. The Morgan fingerprint density at radius 2 is 2.24 bits per heavy atom. The van der Waals surface area contributed by atoms with Crippen molar-refractivity contribution in [3.05, 3.63) is 52.2 Å². The van der Waals surface area contributed by atoms with Crippen molar-refractivity contribution in [1.82, 2.24) is 4.98 Å². The van der Waals surface area contributed by atoms with Gasteiger partial charge in [-0.25, -0.2) is 4.79 Å². The van der Waals surface area contributed by atoms with E-state index in [1.807, 2.05) is 0 Å². The fourth-order valence-electron chi connectivity index (χ4n) is 1.75. The number of carboxylic acids is 1. The predicted octanol–water partition coefficient (Wildman–Crippen LogP) is 2.55. The van der Waals surface area contributed by atoms with Gasteiger partial charge >= 0.3 is 5.97 Å². The molecule has 0 unspecified atom stereocenters. The first-order valence-electron chi connectivity index (χ1n) is 6.05. The average Bonchev–Trinajstić information content (AvgIpc) is 2.46. The molecule has 0 bridgehead atoms. The number of carbonyl (C=O) groups is 1. The normalized spacial score (nSPS) is 11.4. The van der Waals surface area contributed by atoms with Crippen LogP contribution < -0.4 is 4.74 Å². The second kappa shape index (κ2) is 6.00. The van der Waals surface area contributed by atoms with Gasteiger partial charge in [-0.15, -0.1) is 0 Å². The van der Waals surface area contributed by atoms with Crippen LogP contribution in [0.5, 0.6) is 5.75 Å². The summed E-state index contributed by atoms with van der Waals surface area (Å²) in [7, 11) is 0. The van der Waals surface area contributed by atoms with Crippen molar-refractivity contribution in [2.45, 2.75) is 6.92 Å². The van der Waals surface area contributed by atoms with Crippen LogP contribution in [0.15, 0.2) is 42.1 Å². The summed E-state index contributed by atoms with van der Waals surface area (Å²) in [5, 5.41) is 20.1. The number of nitrogens with zero attached hydrogens (tertiary/aromatic N) is 2. The maximum absolute atomic E-state index is 11.0.